The number of ether oxygens (including phenoxy) is 1. The van der Waals surface area contributed by atoms with E-state index < -0.39 is 46.8 Å². The summed E-state index contributed by atoms with van der Waals surface area (Å²) in [5.74, 6) is -4.84. The molecule has 252 valence electrons. The second-order valence-corrected chi connectivity index (χ2v) is 13.9. The molecule has 4 aromatic carbocycles. The van der Waals surface area contributed by atoms with E-state index in [2.05, 4.69) is 5.43 Å². The van der Waals surface area contributed by atoms with Crippen LogP contribution in [0.3, 0.4) is 0 Å². The third kappa shape index (κ3) is 4.60. The summed E-state index contributed by atoms with van der Waals surface area (Å²) in [5, 5.41) is 12.2. The predicted molar refractivity (Wildman–Crippen MR) is 187 cm³/mol. The molecule has 3 fully saturated rings. The molecule has 10 heteroatoms. The first kappa shape index (κ1) is 31.8. The molecule has 2 aliphatic heterocycles. The summed E-state index contributed by atoms with van der Waals surface area (Å²) in [5.41, 5.74) is 5.85. The molecule has 8 rings (SSSR count). The van der Waals surface area contributed by atoms with Gasteiger partial charge in [-0.15, -0.1) is 0 Å². The van der Waals surface area contributed by atoms with Gasteiger partial charge in [0.15, 0.2) is 11.5 Å². The number of benzene rings is 4. The number of aryl methyl sites for hydroxylation is 1. The molecule has 50 heavy (non-hydrogen) atoms. The van der Waals surface area contributed by atoms with Crippen molar-refractivity contribution in [3.63, 3.8) is 0 Å². The Morgan fingerprint density at radius 1 is 0.860 bits per heavy atom. The summed E-state index contributed by atoms with van der Waals surface area (Å²) in [6.45, 7) is 1.96. The van der Waals surface area contributed by atoms with Gasteiger partial charge in [-0.3, -0.25) is 29.5 Å². The van der Waals surface area contributed by atoms with Crippen LogP contribution in [0.2, 0.25) is 5.02 Å². The molecule has 0 unspecified atom stereocenters. The number of nitrogens with zero attached hydrogens (tertiary/aromatic N) is 2. The van der Waals surface area contributed by atoms with Crippen LogP contribution in [0, 0.1) is 30.6 Å². The van der Waals surface area contributed by atoms with Crippen LogP contribution in [0.15, 0.2) is 109 Å². The van der Waals surface area contributed by atoms with E-state index in [4.69, 9.17) is 16.3 Å². The Morgan fingerprint density at radius 2 is 1.58 bits per heavy atom. The molecule has 9 nitrogen and oxygen atoms in total. The zero-order valence-electron chi connectivity index (χ0n) is 27.4. The van der Waals surface area contributed by atoms with E-state index >= 15 is 4.79 Å². The Hall–Kier alpha value is -5.41. The molecule has 4 amide bonds. The number of methoxy groups -OCH3 is 1. The zero-order chi connectivity index (χ0) is 34.9. The Kier molecular flexibility index (Phi) is 7.56. The highest BCUT2D eigenvalue weighted by atomic mass is 35.5. The SMILES string of the molecule is COc1cc([C@H]2C3=CC[C@@H]4C(=O)N(c5ccc(Cl)cc5)C(=O)[C@@H]4[C@@H]3C[C@H]3C(=O)N(Nc4ccc(C)cc4)C(=O)[C@@]23c2ccccc2)ccc1O. The number of allylic oxidation sites excluding steroid dienone is 2. The number of halogens is 1. The molecule has 0 aromatic heterocycles. The van der Waals surface area contributed by atoms with Gasteiger partial charge < -0.3 is 9.84 Å². The first-order valence-electron chi connectivity index (χ1n) is 16.6. The Balaban J connectivity index is 1.32. The fourth-order valence-corrected chi connectivity index (χ4v) is 8.97. The molecular formula is C40H34ClN3O6. The fourth-order valence-electron chi connectivity index (χ4n) is 8.84. The summed E-state index contributed by atoms with van der Waals surface area (Å²) in [6.07, 6.45) is 2.47. The second kappa shape index (κ2) is 11.9. The van der Waals surface area contributed by atoms with Gasteiger partial charge in [-0.05, 0) is 85.3 Å². The summed E-state index contributed by atoms with van der Waals surface area (Å²) in [6, 6.07) is 28.3. The Bertz CT molecular complexity index is 2080. The van der Waals surface area contributed by atoms with Crippen molar-refractivity contribution >= 4 is 46.6 Å². The average Bonchev–Trinajstić information content (AvgIpc) is 3.51. The quantitative estimate of drug-likeness (QED) is 0.174. The van der Waals surface area contributed by atoms with Crippen molar-refractivity contribution < 1.29 is 29.0 Å². The van der Waals surface area contributed by atoms with Gasteiger partial charge >= 0.3 is 0 Å². The number of imide groups is 2. The van der Waals surface area contributed by atoms with Crippen LogP contribution in [-0.4, -0.2) is 40.9 Å². The highest BCUT2D eigenvalue weighted by Crippen LogP contribution is 2.64. The van der Waals surface area contributed by atoms with Crippen LogP contribution in [0.5, 0.6) is 11.5 Å². The van der Waals surface area contributed by atoms with Crippen LogP contribution in [0.1, 0.15) is 35.4 Å². The second-order valence-electron chi connectivity index (χ2n) is 13.5. The minimum Gasteiger partial charge on any atom is -0.504 e. The van der Waals surface area contributed by atoms with Crippen molar-refractivity contribution in [3.05, 3.63) is 130 Å². The van der Waals surface area contributed by atoms with Gasteiger partial charge in [0.1, 0.15) is 0 Å². The summed E-state index contributed by atoms with van der Waals surface area (Å²) in [4.78, 5) is 59.6. The number of hydrogen-bond donors (Lipinski definition) is 2. The van der Waals surface area contributed by atoms with Crippen molar-refractivity contribution in [1.29, 1.82) is 0 Å². The van der Waals surface area contributed by atoms with Gasteiger partial charge in [0, 0.05) is 10.9 Å². The third-order valence-corrected chi connectivity index (χ3v) is 11.3. The Labute approximate surface area is 294 Å². The number of aromatic hydroxyl groups is 1. The van der Waals surface area contributed by atoms with Gasteiger partial charge in [0.05, 0.1) is 41.7 Å². The number of nitrogens with one attached hydrogen (secondary N) is 1. The normalized spacial score (nSPS) is 27.1. The van der Waals surface area contributed by atoms with E-state index in [1.54, 1.807) is 36.4 Å². The summed E-state index contributed by atoms with van der Waals surface area (Å²) >= 11 is 6.13. The number of carbonyl (C=O) groups is 4. The van der Waals surface area contributed by atoms with Crippen LogP contribution in [0.4, 0.5) is 11.4 Å². The number of amides is 4. The van der Waals surface area contributed by atoms with Crippen LogP contribution in [0.25, 0.3) is 0 Å². The molecule has 4 aliphatic rings. The van der Waals surface area contributed by atoms with E-state index in [-0.39, 0.29) is 29.7 Å². The lowest BCUT2D eigenvalue weighted by Crippen LogP contribution is -2.53. The third-order valence-electron chi connectivity index (χ3n) is 11.0. The highest BCUT2D eigenvalue weighted by Gasteiger charge is 2.70. The maximum absolute atomic E-state index is 15.2. The van der Waals surface area contributed by atoms with Crippen molar-refractivity contribution in [3.8, 4) is 11.5 Å². The number of phenolic OH excluding ortho intramolecular Hbond substituents is 1. The molecule has 2 heterocycles. The van der Waals surface area contributed by atoms with Crippen molar-refractivity contribution in [2.45, 2.75) is 31.1 Å². The van der Waals surface area contributed by atoms with Gasteiger partial charge in [0.2, 0.25) is 11.8 Å². The number of carbonyl (C=O) groups excluding carboxylic acids is 4. The number of anilines is 2. The first-order valence-corrected chi connectivity index (χ1v) is 17.0. The van der Waals surface area contributed by atoms with E-state index in [0.29, 0.717) is 33.9 Å². The predicted octanol–water partition coefficient (Wildman–Crippen LogP) is 6.55. The molecule has 0 spiro atoms. The number of hydrazine groups is 1. The van der Waals surface area contributed by atoms with Gasteiger partial charge in [0.25, 0.3) is 11.8 Å². The topological polar surface area (TPSA) is 116 Å². The molecule has 0 bridgehead atoms. The lowest BCUT2D eigenvalue weighted by molar-refractivity contribution is -0.138. The van der Waals surface area contributed by atoms with Crippen molar-refractivity contribution in [1.82, 2.24) is 5.01 Å². The van der Waals surface area contributed by atoms with Gasteiger partial charge in [-0.2, -0.15) is 5.01 Å². The Morgan fingerprint density at radius 3 is 2.28 bits per heavy atom. The molecule has 2 saturated heterocycles. The summed E-state index contributed by atoms with van der Waals surface area (Å²) < 4.78 is 5.53. The minimum atomic E-state index is -1.42. The maximum atomic E-state index is 15.2. The average molecular weight is 688 g/mol. The van der Waals surface area contributed by atoms with Crippen LogP contribution in [-0.2, 0) is 24.6 Å². The fraction of sp³-hybridized carbons (Fsp3) is 0.250. The molecule has 6 atom stereocenters. The van der Waals surface area contributed by atoms with Crippen molar-refractivity contribution in [2.75, 3.05) is 17.4 Å². The van der Waals surface area contributed by atoms with Crippen LogP contribution < -0.4 is 15.1 Å². The zero-order valence-corrected chi connectivity index (χ0v) is 28.1. The largest absolute Gasteiger partial charge is 0.504 e. The van der Waals surface area contributed by atoms with E-state index in [1.165, 1.54) is 18.1 Å². The highest BCUT2D eigenvalue weighted by molar-refractivity contribution is 6.31. The molecule has 4 aromatic rings. The lowest BCUT2D eigenvalue weighted by Gasteiger charge is -2.50. The van der Waals surface area contributed by atoms with E-state index in [9.17, 15) is 19.5 Å². The van der Waals surface area contributed by atoms with E-state index in [0.717, 1.165) is 16.1 Å². The molecule has 2 N–H and O–H groups in total. The lowest BCUT2D eigenvalue weighted by atomic mass is 9.49. The maximum Gasteiger partial charge on any atom is 0.260 e. The van der Waals surface area contributed by atoms with Gasteiger partial charge in [-0.1, -0.05) is 77.3 Å². The monoisotopic (exact) mass is 687 g/mol. The number of rotatable bonds is 6. The number of phenols is 1. The van der Waals surface area contributed by atoms with Gasteiger partial charge in [-0.25, -0.2) is 0 Å². The minimum absolute atomic E-state index is 0.0710. The van der Waals surface area contributed by atoms with E-state index in [1.807, 2.05) is 67.6 Å². The molecule has 1 saturated carbocycles. The molecular weight excluding hydrogens is 654 g/mol. The van der Waals surface area contributed by atoms with Crippen molar-refractivity contribution in [2.24, 2.45) is 23.7 Å². The number of hydrogen-bond acceptors (Lipinski definition) is 7. The molecule has 2 aliphatic carbocycles. The molecule has 0 radical (unpaired) electrons. The van der Waals surface area contributed by atoms with Crippen LogP contribution >= 0.6 is 11.6 Å². The smallest absolute Gasteiger partial charge is 0.260 e. The number of fused-ring (bicyclic) bond motifs is 4. The summed E-state index contributed by atoms with van der Waals surface area (Å²) in [7, 11) is 1.45. The standard InChI is InChI=1S/C40H34ClN3O6/c1-22-8-13-26(14-9-22)42-44-37(47)31-21-30-28(17-18-29-34(30)38(48)43(36(29)46)27-15-11-25(41)12-16-27)35(23-10-19-32(45)33(20-23)50-2)40(31,39(44)49)24-6-4-3-5-7-24/h3-17,19-20,29-31,34-35,42,45H,18,21H2,1-2H3/t29-,30+,31-,34-,35-,40+/m0/s1. The first-order chi connectivity index (χ1) is 24.1.